The first-order chi connectivity index (χ1) is 7.90. The Hall–Kier alpha value is -2.04. The van der Waals surface area contributed by atoms with Crippen molar-refractivity contribution in [2.75, 3.05) is 11.9 Å². The number of para-hydroxylation sites is 1. The number of aromatic amines is 1. The van der Waals surface area contributed by atoms with Gasteiger partial charge in [0.15, 0.2) is 0 Å². The molecule has 0 atom stereocenters. The summed E-state index contributed by atoms with van der Waals surface area (Å²) in [7, 11) is 0. The van der Waals surface area contributed by atoms with Crippen molar-refractivity contribution in [2.24, 2.45) is 0 Å². The summed E-state index contributed by atoms with van der Waals surface area (Å²) in [5, 5.41) is 9.64. The molecule has 0 bridgehead atoms. The number of hydrogen-bond donors (Lipinski definition) is 2. The van der Waals surface area contributed by atoms with Crippen LogP contribution >= 0.6 is 0 Å². The largest absolute Gasteiger partial charge is 0.494 e. The normalized spacial score (nSPS) is 10.1. The summed E-state index contributed by atoms with van der Waals surface area (Å²) in [5.41, 5.74) is 1.10. The van der Waals surface area contributed by atoms with E-state index >= 15 is 0 Å². The molecule has 1 aromatic carbocycles. The second-order valence-electron chi connectivity index (χ2n) is 3.23. The SMILES string of the molecule is CCOc1ccccc1CNc1ncn[nH]1. The molecule has 0 saturated heterocycles. The van der Waals surface area contributed by atoms with E-state index in [0.29, 0.717) is 19.1 Å². The van der Waals surface area contributed by atoms with Gasteiger partial charge in [0.05, 0.1) is 6.61 Å². The Morgan fingerprint density at radius 3 is 3.00 bits per heavy atom. The van der Waals surface area contributed by atoms with E-state index in [4.69, 9.17) is 4.74 Å². The van der Waals surface area contributed by atoms with Crippen molar-refractivity contribution >= 4 is 5.95 Å². The number of nitrogens with one attached hydrogen (secondary N) is 2. The molecule has 0 unspecified atom stereocenters. The van der Waals surface area contributed by atoms with Gasteiger partial charge in [-0.05, 0) is 13.0 Å². The van der Waals surface area contributed by atoms with Crippen molar-refractivity contribution in [3.05, 3.63) is 36.2 Å². The Labute approximate surface area is 93.9 Å². The van der Waals surface area contributed by atoms with E-state index in [-0.39, 0.29) is 0 Å². The Kier molecular flexibility index (Phi) is 3.38. The van der Waals surface area contributed by atoms with E-state index in [0.717, 1.165) is 11.3 Å². The van der Waals surface area contributed by atoms with Crippen LogP contribution in [0.15, 0.2) is 30.6 Å². The summed E-state index contributed by atoms with van der Waals surface area (Å²) in [6.07, 6.45) is 1.47. The van der Waals surface area contributed by atoms with E-state index in [1.165, 1.54) is 6.33 Å². The molecule has 0 amide bonds. The summed E-state index contributed by atoms with van der Waals surface area (Å²) < 4.78 is 5.52. The third kappa shape index (κ3) is 2.50. The average Bonchev–Trinajstić information content (AvgIpc) is 2.81. The fourth-order valence-corrected chi connectivity index (χ4v) is 1.42. The van der Waals surface area contributed by atoms with Gasteiger partial charge in [0.2, 0.25) is 5.95 Å². The molecule has 16 heavy (non-hydrogen) atoms. The fourth-order valence-electron chi connectivity index (χ4n) is 1.42. The van der Waals surface area contributed by atoms with Gasteiger partial charge >= 0.3 is 0 Å². The molecular weight excluding hydrogens is 204 g/mol. The Balaban J connectivity index is 2.03. The first-order valence-electron chi connectivity index (χ1n) is 5.20. The standard InChI is InChI=1S/C11H14N4O/c1-2-16-10-6-4-3-5-9(10)7-12-11-13-8-14-15-11/h3-6,8H,2,7H2,1H3,(H2,12,13,14,15). The molecule has 1 aromatic heterocycles. The van der Waals surface area contributed by atoms with Gasteiger partial charge in [-0.1, -0.05) is 18.2 Å². The predicted molar refractivity (Wildman–Crippen MR) is 61.3 cm³/mol. The summed E-state index contributed by atoms with van der Waals surface area (Å²) in [6.45, 7) is 3.30. The van der Waals surface area contributed by atoms with E-state index in [1.54, 1.807) is 0 Å². The lowest BCUT2D eigenvalue weighted by Crippen LogP contribution is -2.04. The lowest BCUT2D eigenvalue weighted by atomic mass is 10.2. The maximum atomic E-state index is 5.52. The summed E-state index contributed by atoms with van der Waals surface area (Å²) in [4.78, 5) is 3.99. The molecule has 5 heteroatoms. The second-order valence-corrected chi connectivity index (χ2v) is 3.23. The van der Waals surface area contributed by atoms with Crippen LogP contribution in [0.25, 0.3) is 0 Å². The van der Waals surface area contributed by atoms with Crippen molar-refractivity contribution in [1.29, 1.82) is 0 Å². The van der Waals surface area contributed by atoms with Gasteiger partial charge in [-0.25, -0.2) is 10.1 Å². The second kappa shape index (κ2) is 5.16. The molecule has 0 spiro atoms. The predicted octanol–water partition coefficient (Wildman–Crippen LogP) is 1.82. The molecule has 2 aromatic rings. The van der Waals surface area contributed by atoms with E-state index in [9.17, 15) is 0 Å². The molecule has 0 fully saturated rings. The van der Waals surface area contributed by atoms with Crippen LogP contribution in [0, 0.1) is 0 Å². The van der Waals surface area contributed by atoms with Crippen LogP contribution in [0.1, 0.15) is 12.5 Å². The smallest absolute Gasteiger partial charge is 0.218 e. The van der Waals surface area contributed by atoms with Crippen LogP contribution in [0.3, 0.4) is 0 Å². The highest BCUT2D eigenvalue weighted by Crippen LogP contribution is 2.18. The molecule has 1 heterocycles. The lowest BCUT2D eigenvalue weighted by Gasteiger charge is -2.09. The molecule has 0 radical (unpaired) electrons. The molecule has 0 saturated carbocycles. The minimum absolute atomic E-state index is 0.658. The maximum absolute atomic E-state index is 5.52. The van der Waals surface area contributed by atoms with Gasteiger partial charge in [0.1, 0.15) is 12.1 Å². The molecule has 84 valence electrons. The third-order valence-corrected chi connectivity index (χ3v) is 2.13. The average molecular weight is 218 g/mol. The molecular formula is C11H14N4O. The van der Waals surface area contributed by atoms with E-state index < -0.39 is 0 Å². The van der Waals surface area contributed by atoms with Gasteiger partial charge in [-0.15, -0.1) is 0 Å². The number of aromatic nitrogens is 3. The molecule has 2 rings (SSSR count). The van der Waals surface area contributed by atoms with Gasteiger partial charge in [0.25, 0.3) is 0 Å². The van der Waals surface area contributed by atoms with Gasteiger partial charge < -0.3 is 10.1 Å². The number of benzene rings is 1. The van der Waals surface area contributed by atoms with Crippen molar-refractivity contribution in [3.63, 3.8) is 0 Å². The van der Waals surface area contributed by atoms with Crippen LogP contribution in [0.2, 0.25) is 0 Å². The first-order valence-corrected chi connectivity index (χ1v) is 5.20. The maximum Gasteiger partial charge on any atom is 0.218 e. The summed E-state index contributed by atoms with van der Waals surface area (Å²) in [5.74, 6) is 1.56. The van der Waals surface area contributed by atoms with Crippen LogP contribution in [0.5, 0.6) is 5.75 Å². The number of ether oxygens (including phenoxy) is 1. The number of hydrogen-bond acceptors (Lipinski definition) is 4. The van der Waals surface area contributed by atoms with Crippen molar-refractivity contribution < 1.29 is 4.74 Å². The zero-order valence-corrected chi connectivity index (χ0v) is 9.10. The fraction of sp³-hybridized carbons (Fsp3) is 0.273. The molecule has 0 aliphatic heterocycles. The van der Waals surface area contributed by atoms with Crippen LogP contribution in [-0.2, 0) is 6.54 Å². The van der Waals surface area contributed by atoms with Gasteiger partial charge in [0, 0.05) is 12.1 Å². The van der Waals surface area contributed by atoms with E-state index in [1.807, 2.05) is 31.2 Å². The van der Waals surface area contributed by atoms with Crippen molar-refractivity contribution in [3.8, 4) is 5.75 Å². The zero-order chi connectivity index (χ0) is 11.2. The molecule has 0 aliphatic rings. The van der Waals surface area contributed by atoms with Crippen LogP contribution in [0.4, 0.5) is 5.95 Å². The highest BCUT2D eigenvalue weighted by Gasteiger charge is 2.02. The Morgan fingerprint density at radius 1 is 1.38 bits per heavy atom. The number of H-pyrrole nitrogens is 1. The van der Waals surface area contributed by atoms with Gasteiger partial charge in [-0.3, -0.25) is 0 Å². The monoisotopic (exact) mass is 218 g/mol. The highest BCUT2D eigenvalue weighted by molar-refractivity contribution is 5.36. The Morgan fingerprint density at radius 2 is 2.25 bits per heavy atom. The number of rotatable bonds is 5. The Bertz CT molecular complexity index is 427. The minimum Gasteiger partial charge on any atom is -0.494 e. The first kappa shape index (κ1) is 10.5. The minimum atomic E-state index is 0.658. The van der Waals surface area contributed by atoms with Crippen molar-refractivity contribution in [1.82, 2.24) is 15.2 Å². The molecule has 2 N–H and O–H groups in total. The lowest BCUT2D eigenvalue weighted by molar-refractivity contribution is 0.337. The highest BCUT2D eigenvalue weighted by atomic mass is 16.5. The van der Waals surface area contributed by atoms with Gasteiger partial charge in [-0.2, -0.15) is 5.10 Å². The quantitative estimate of drug-likeness (QED) is 0.803. The van der Waals surface area contributed by atoms with E-state index in [2.05, 4.69) is 20.5 Å². The number of nitrogens with zero attached hydrogens (tertiary/aromatic N) is 2. The van der Waals surface area contributed by atoms with Crippen LogP contribution < -0.4 is 10.1 Å². The van der Waals surface area contributed by atoms with Crippen LogP contribution in [-0.4, -0.2) is 21.8 Å². The number of anilines is 1. The summed E-state index contributed by atoms with van der Waals surface area (Å²) >= 11 is 0. The third-order valence-electron chi connectivity index (χ3n) is 2.13. The molecule has 0 aliphatic carbocycles. The topological polar surface area (TPSA) is 62.8 Å². The summed E-state index contributed by atoms with van der Waals surface area (Å²) in [6, 6.07) is 7.93. The zero-order valence-electron chi connectivity index (χ0n) is 9.10. The van der Waals surface area contributed by atoms with Crippen molar-refractivity contribution in [2.45, 2.75) is 13.5 Å². The molecule has 5 nitrogen and oxygen atoms in total.